The first kappa shape index (κ1) is 21.3. The fraction of sp³-hybridized carbons (Fsp3) is 0.750. The third-order valence-electron chi connectivity index (χ3n) is 5.15. The maximum atomic E-state index is 3.60. The maximum absolute atomic E-state index is 3.60. The van der Waals surface area contributed by atoms with Crippen LogP contribution in [0.15, 0.2) is 12.1 Å². The predicted molar refractivity (Wildman–Crippen MR) is 109 cm³/mol. The second-order valence-corrected chi connectivity index (χ2v) is 7.39. The van der Waals surface area contributed by atoms with E-state index in [0.717, 1.165) is 0 Å². The fourth-order valence-corrected chi connectivity index (χ4v) is 3.59. The first-order valence-electron chi connectivity index (χ1n) is 10.8. The van der Waals surface area contributed by atoms with Crippen LogP contribution in [0, 0.1) is 6.07 Å². The van der Waals surface area contributed by atoms with Gasteiger partial charge in [-0.1, -0.05) is 90.7 Å². The summed E-state index contributed by atoms with van der Waals surface area (Å²) in [6.07, 6.45) is 20.1. The van der Waals surface area contributed by atoms with E-state index in [2.05, 4.69) is 39.0 Å². The molecular formula is C24H41. The third-order valence-corrected chi connectivity index (χ3v) is 5.15. The molecular weight excluding hydrogens is 288 g/mol. The fourth-order valence-electron chi connectivity index (χ4n) is 3.59. The van der Waals surface area contributed by atoms with Crippen molar-refractivity contribution < 1.29 is 0 Å². The summed E-state index contributed by atoms with van der Waals surface area (Å²) in [5.41, 5.74) is 4.84. The summed E-state index contributed by atoms with van der Waals surface area (Å²) in [5, 5.41) is 0. The summed E-state index contributed by atoms with van der Waals surface area (Å²) >= 11 is 0. The molecule has 1 radical (unpaired) electrons. The van der Waals surface area contributed by atoms with Crippen molar-refractivity contribution in [3.63, 3.8) is 0 Å². The summed E-state index contributed by atoms with van der Waals surface area (Å²) in [4.78, 5) is 0. The molecule has 1 aromatic rings. The van der Waals surface area contributed by atoms with Crippen LogP contribution in [-0.2, 0) is 19.3 Å². The lowest BCUT2D eigenvalue weighted by atomic mass is 9.90. The lowest BCUT2D eigenvalue weighted by Gasteiger charge is -2.15. The maximum Gasteiger partial charge on any atom is -0.0146 e. The Kier molecular flexibility index (Phi) is 12.9. The molecule has 0 saturated heterocycles. The molecule has 24 heavy (non-hydrogen) atoms. The molecule has 0 unspecified atom stereocenters. The summed E-state index contributed by atoms with van der Waals surface area (Å²) in [5.74, 6) is 0. The van der Waals surface area contributed by atoms with Crippen LogP contribution in [0.25, 0.3) is 0 Å². The van der Waals surface area contributed by atoms with Gasteiger partial charge in [-0.15, -0.1) is 0 Å². The summed E-state index contributed by atoms with van der Waals surface area (Å²) < 4.78 is 0. The minimum atomic E-state index is 1.24. The van der Waals surface area contributed by atoms with E-state index in [4.69, 9.17) is 0 Å². The Balaban J connectivity index is 2.67. The van der Waals surface area contributed by atoms with Crippen molar-refractivity contribution in [2.75, 3.05) is 0 Å². The van der Waals surface area contributed by atoms with Gasteiger partial charge in [0.1, 0.15) is 0 Å². The Morgan fingerprint density at radius 3 is 1.75 bits per heavy atom. The van der Waals surface area contributed by atoms with Crippen LogP contribution in [0.3, 0.4) is 0 Å². The number of unbranched alkanes of at least 4 members (excludes halogenated alkanes) is 9. The Hall–Kier alpha value is -0.780. The zero-order valence-electron chi connectivity index (χ0n) is 16.8. The van der Waals surface area contributed by atoms with Crippen LogP contribution in [-0.4, -0.2) is 0 Å². The Bertz CT molecular complexity index is 374. The molecule has 0 saturated carbocycles. The second kappa shape index (κ2) is 14.6. The second-order valence-electron chi connectivity index (χ2n) is 7.39. The van der Waals surface area contributed by atoms with Crippen LogP contribution in [0.1, 0.15) is 115 Å². The summed E-state index contributed by atoms with van der Waals surface area (Å²) in [7, 11) is 0. The van der Waals surface area contributed by atoms with Gasteiger partial charge in [0, 0.05) is 0 Å². The number of hydrogen-bond donors (Lipinski definition) is 0. The standard InChI is InChI=1S/C24H41/c1-4-7-10-13-17-22-19-16-20-23(18-14-11-8-5-2)24(22)21-15-12-9-6-3/h16,19H,4-15,17-18,21H2,1-3H3. The molecule has 0 aliphatic rings. The zero-order chi connectivity index (χ0) is 17.5. The van der Waals surface area contributed by atoms with Crippen LogP contribution in [0.4, 0.5) is 0 Å². The minimum Gasteiger partial charge on any atom is -0.0654 e. The van der Waals surface area contributed by atoms with Crippen molar-refractivity contribution in [3.8, 4) is 0 Å². The number of benzene rings is 1. The van der Waals surface area contributed by atoms with Crippen LogP contribution < -0.4 is 0 Å². The normalized spacial score (nSPS) is 11.1. The number of rotatable bonds is 15. The number of aryl methyl sites for hydroxylation is 2. The quantitative estimate of drug-likeness (QED) is 0.287. The van der Waals surface area contributed by atoms with Gasteiger partial charge >= 0.3 is 0 Å². The van der Waals surface area contributed by atoms with Gasteiger partial charge in [0.2, 0.25) is 0 Å². The summed E-state index contributed by atoms with van der Waals surface area (Å²) in [6.45, 7) is 6.89. The van der Waals surface area contributed by atoms with Gasteiger partial charge in [-0.25, -0.2) is 0 Å². The Labute approximate surface area is 152 Å². The molecule has 0 bridgehead atoms. The highest BCUT2D eigenvalue weighted by molar-refractivity contribution is 5.35. The van der Waals surface area contributed by atoms with E-state index in [1.165, 1.54) is 102 Å². The van der Waals surface area contributed by atoms with Crippen molar-refractivity contribution in [1.82, 2.24) is 0 Å². The molecule has 0 aliphatic heterocycles. The monoisotopic (exact) mass is 329 g/mol. The predicted octanol–water partition coefficient (Wildman–Crippen LogP) is 7.86. The highest BCUT2D eigenvalue weighted by atomic mass is 14.1. The van der Waals surface area contributed by atoms with E-state index in [-0.39, 0.29) is 0 Å². The average molecular weight is 330 g/mol. The van der Waals surface area contributed by atoms with Crippen LogP contribution >= 0.6 is 0 Å². The largest absolute Gasteiger partial charge is 0.0654 e. The summed E-state index contributed by atoms with van der Waals surface area (Å²) in [6, 6.07) is 8.15. The average Bonchev–Trinajstić information content (AvgIpc) is 2.60. The van der Waals surface area contributed by atoms with E-state index in [9.17, 15) is 0 Å². The SMILES string of the molecule is CCCCCCc1[c]ccc(CCCCCC)c1CCCCCC. The van der Waals surface area contributed by atoms with Gasteiger partial charge in [0.05, 0.1) is 0 Å². The molecule has 0 N–H and O–H groups in total. The third kappa shape index (κ3) is 8.90. The molecule has 1 aromatic carbocycles. The zero-order valence-corrected chi connectivity index (χ0v) is 16.8. The first-order chi connectivity index (χ1) is 11.8. The lowest BCUT2D eigenvalue weighted by molar-refractivity contribution is 0.639. The molecule has 0 heterocycles. The van der Waals surface area contributed by atoms with E-state index >= 15 is 0 Å². The van der Waals surface area contributed by atoms with Crippen LogP contribution in [0.5, 0.6) is 0 Å². The molecule has 0 aliphatic carbocycles. The van der Waals surface area contributed by atoms with E-state index in [0.29, 0.717) is 0 Å². The van der Waals surface area contributed by atoms with Crippen molar-refractivity contribution in [1.29, 1.82) is 0 Å². The molecule has 0 atom stereocenters. The van der Waals surface area contributed by atoms with Gasteiger partial charge in [-0.05, 0) is 61.3 Å². The van der Waals surface area contributed by atoms with Gasteiger partial charge in [0.25, 0.3) is 0 Å². The van der Waals surface area contributed by atoms with E-state index in [1.807, 2.05) is 0 Å². The molecule has 1 rings (SSSR count). The molecule has 0 nitrogen and oxygen atoms in total. The topological polar surface area (TPSA) is 0 Å². The van der Waals surface area contributed by atoms with Crippen molar-refractivity contribution >= 4 is 0 Å². The van der Waals surface area contributed by atoms with Crippen molar-refractivity contribution in [2.24, 2.45) is 0 Å². The molecule has 0 amide bonds. The first-order valence-corrected chi connectivity index (χ1v) is 10.8. The smallest absolute Gasteiger partial charge is 0.0146 e. The van der Waals surface area contributed by atoms with Gasteiger partial charge in [-0.3, -0.25) is 0 Å². The minimum absolute atomic E-state index is 1.24. The molecule has 137 valence electrons. The molecule has 0 spiro atoms. The van der Waals surface area contributed by atoms with Gasteiger partial charge in [0.15, 0.2) is 0 Å². The van der Waals surface area contributed by atoms with Gasteiger partial charge < -0.3 is 0 Å². The number of hydrogen-bond acceptors (Lipinski definition) is 0. The van der Waals surface area contributed by atoms with Crippen LogP contribution in [0.2, 0.25) is 0 Å². The lowest BCUT2D eigenvalue weighted by Crippen LogP contribution is -2.02. The molecule has 0 aromatic heterocycles. The van der Waals surface area contributed by atoms with Crippen molar-refractivity contribution in [3.05, 3.63) is 34.9 Å². The van der Waals surface area contributed by atoms with Crippen molar-refractivity contribution in [2.45, 2.75) is 117 Å². The van der Waals surface area contributed by atoms with E-state index < -0.39 is 0 Å². The highest BCUT2D eigenvalue weighted by Crippen LogP contribution is 2.22. The Morgan fingerprint density at radius 1 is 0.625 bits per heavy atom. The van der Waals surface area contributed by atoms with E-state index in [1.54, 1.807) is 11.1 Å². The highest BCUT2D eigenvalue weighted by Gasteiger charge is 2.09. The molecule has 0 heteroatoms. The molecule has 0 fully saturated rings. The Morgan fingerprint density at radius 2 is 1.17 bits per heavy atom. The van der Waals surface area contributed by atoms with Gasteiger partial charge in [-0.2, -0.15) is 0 Å².